The third kappa shape index (κ3) is 3.82. The summed E-state index contributed by atoms with van der Waals surface area (Å²) in [6.07, 6.45) is 0. The Morgan fingerprint density at radius 1 is 0.939 bits per heavy atom. The average molecular weight is 446 g/mol. The van der Waals surface area contributed by atoms with Crippen LogP contribution < -0.4 is 16.0 Å². The molecule has 7 heteroatoms. The Hall–Kier alpha value is -3.45. The van der Waals surface area contributed by atoms with E-state index in [2.05, 4.69) is 27.1 Å². The van der Waals surface area contributed by atoms with Gasteiger partial charge in [-0.3, -0.25) is 4.79 Å². The van der Waals surface area contributed by atoms with Gasteiger partial charge in [0.15, 0.2) is 0 Å². The molecule has 5 rings (SSSR count). The number of carbonyl (C=O) groups excluding carboxylic acids is 1. The summed E-state index contributed by atoms with van der Waals surface area (Å²) in [4.78, 5) is 20.9. The number of nitrogens with one attached hydrogen (secondary N) is 1. The molecule has 0 atom stereocenters. The van der Waals surface area contributed by atoms with E-state index in [1.54, 1.807) is 12.1 Å². The fourth-order valence-corrected chi connectivity index (χ4v) is 4.70. The van der Waals surface area contributed by atoms with Gasteiger partial charge in [-0.2, -0.15) is 4.39 Å². The van der Waals surface area contributed by atoms with Gasteiger partial charge in [0, 0.05) is 48.6 Å². The van der Waals surface area contributed by atoms with E-state index >= 15 is 0 Å². The summed E-state index contributed by atoms with van der Waals surface area (Å²) >= 11 is 0. The molecule has 0 bridgehead atoms. The molecule has 3 heterocycles. The van der Waals surface area contributed by atoms with Crippen molar-refractivity contribution >= 4 is 17.4 Å². The molecular formula is C26H28FN5O. The predicted molar refractivity (Wildman–Crippen MR) is 130 cm³/mol. The fourth-order valence-electron chi connectivity index (χ4n) is 4.70. The normalized spacial score (nSPS) is 17.7. The molecule has 170 valence electrons. The van der Waals surface area contributed by atoms with Crippen molar-refractivity contribution in [1.29, 1.82) is 0 Å². The van der Waals surface area contributed by atoms with Crippen LogP contribution in [0.2, 0.25) is 0 Å². The minimum absolute atomic E-state index is 0.0899. The Bertz CT molecular complexity index is 1230. The first-order valence-electron chi connectivity index (χ1n) is 11.2. The van der Waals surface area contributed by atoms with E-state index in [-0.39, 0.29) is 11.7 Å². The maximum atomic E-state index is 14.9. The molecule has 0 saturated carbocycles. The van der Waals surface area contributed by atoms with Crippen LogP contribution in [0.25, 0.3) is 22.3 Å². The van der Waals surface area contributed by atoms with Crippen molar-refractivity contribution in [3.63, 3.8) is 0 Å². The molecule has 33 heavy (non-hydrogen) atoms. The lowest BCUT2D eigenvalue weighted by Gasteiger charge is -2.34. The quantitative estimate of drug-likeness (QED) is 0.599. The first kappa shape index (κ1) is 21.4. The average Bonchev–Trinajstić information content (AvgIpc) is 3.02. The van der Waals surface area contributed by atoms with Gasteiger partial charge in [-0.25, -0.2) is 4.98 Å². The third-order valence-electron chi connectivity index (χ3n) is 6.73. The SMILES string of the molecule is CN1CCN(c2ccc(-c3cc(-c4ccc5c(c4)C(C)(C)NC5=O)c(N)nc3F)cc2)CC1. The number of piperazine rings is 1. The highest BCUT2D eigenvalue weighted by Crippen LogP contribution is 2.37. The number of aromatic nitrogens is 1. The second kappa shape index (κ2) is 7.85. The van der Waals surface area contributed by atoms with E-state index in [0.717, 1.165) is 48.6 Å². The van der Waals surface area contributed by atoms with Crippen molar-refractivity contribution < 1.29 is 9.18 Å². The van der Waals surface area contributed by atoms with Crippen LogP contribution in [0.3, 0.4) is 0 Å². The number of nitrogens with zero attached hydrogens (tertiary/aromatic N) is 3. The van der Waals surface area contributed by atoms with Gasteiger partial charge >= 0.3 is 0 Å². The highest BCUT2D eigenvalue weighted by molar-refractivity contribution is 6.00. The number of pyridine rings is 1. The van der Waals surface area contributed by atoms with E-state index < -0.39 is 11.5 Å². The highest BCUT2D eigenvalue weighted by atomic mass is 19.1. The third-order valence-corrected chi connectivity index (χ3v) is 6.73. The van der Waals surface area contributed by atoms with Crippen LogP contribution in [-0.2, 0) is 5.54 Å². The number of nitrogens with two attached hydrogens (primary N) is 1. The van der Waals surface area contributed by atoms with Crippen molar-refractivity contribution in [3.8, 4) is 22.3 Å². The molecule has 1 amide bonds. The number of halogens is 1. The molecule has 2 aliphatic heterocycles. The molecule has 1 aromatic heterocycles. The van der Waals surface area contributed by atoms with Crippen LogP contribution in [0.15, 0.2) is 48.5 Å². The Morgan fingerprint density at radius 2 is 1.61 bits per heavy atom. The van der Waals surface area contributed by atoms with Crippen molar-refractivity contribution in [2.75, 3.05) is 43.9 Å². The van der Waals surface area contributed by atoms with Gasteiger partial charge < -0.3 is 20.9 Å². The van der Waals surface area contributed by atoms with Crippen molar-refractivity contribution in [2.45, 2.75) is 19.4 Å². The highest BCUT2D eigenvalue weighted by Gasteiger charge is 2.35. The molecule has 0 aliphatic carbocycles. The maximum Gasteiger partial charge on any atom is 0.252 e. The molecule has 2 aromatic carbocycles. The predicted octanol–water partition coefficient (Wildman–Crippen LogP) is 3.87. The van der Waals surface area contributed by atoms with Crippen LogP contribution in [0.1, 0.15) is 29.8 Å². The minimum atomic E-state index is -0.595. The number of rotatable bonds is 3. The zero-order chi connectivity index (χ0) is 23.3. The van der Waals surface area contributed by atoms with Crippen LogP contribution in [0, 0.1) is 5.95 Å². The van der Waals surface area contributed by atoms with Gasteiger partial charge in [-0.05, 0) is 67.9 Å². The number of carbonyl (C=O) groups is 1. The van der Waals surface area contributed by atoms with Gasteiger partial charge in [0.2, 0.25) is 5.95 Å². The maximum absolute atomic E-state index is 14.9. The number of hydrogen-bond acceptors (Lipinski definition) is 5. The molecule has 0 radical (unpaired) electrons. The molecule has 1 fully saturated rings. The standard InChI is InChI=1S/C26H28FN5O/c1-26(2)22-14-17(6-9-19(22)25(33)30-26)21-15-20(23(27)29-24(21)28)16-4-7-18(8-5-16)32-12-10-31(3)11-13-32/h4-9,14-15H,10-13H2,1-3H3,(H2,28,29)(H,30,33). The number of benzene rings is 2. The Kier molecular flexibility index (Phi) is 5.09. The van der Waals surface area contributed by atoms with Gasteiger partial charge in [0.05, 0.1) is 5.54 Å². The first-order chi connectivity index (χ1) is 15.7. The van der Waals surface area contributed by atoms with Crippen LogP contribution in [0.4, 0.5) is 15.9 Å². The van der Waals surface area contributed by atoms with Crippen LogP contribution >= 0.6 is 0 Å². The summed E-state index contributed by atoms with van der Waals surface area (Å²) in [6, 6.07) is 15.3. The Labute approximate surface area is 193 Å². The Morgan fingerprint density at radius 3 is 2.30 bits per heavy atom. The van der Waals surface area contributed by atoms with E-state index in [1.165, 1.54) is 0 Å². The molecule has 3 aromatic rings. The largest absolute Gasteiger partial charge is 0.383 e. The molecular weight excluding hydrogens is 417 g/mol. The van der Waals surface area contributed by atoms with Crippen molar-refractivity contribution in [2.24, 2.45) is 0 Å². The summed E-state index contributed by atoms with van der Waals surface area (Å²) < 4.78 is 14.9. The lowest BCUT2D eigenvalue weighted by atomic mass is 9.90. The monoisotopic (exact) mass is 445 g/mol. The van der Waals surface area contributed by atoms with E-state index in [1.807, 2.05) is 50.2 Å². The number of anilines is 2. The number of nitrogen functional groups attached to an aromatic ring is 1. The second-order valence-corrected chi connectivity index (χ2v) is 9.44. The Balaban J connectivity index is 1.50. The van der Waals surface area contributed by atoms with Gasteiger partial charge in [0.1, 0.15) is 5.82 Å². The van der Waals surface area contributed by atoms with Gasteiger partial charge in [-0.1, -0.05) is 18.2 Å². The number of fused-ring (bicyclic) bond motifs is 1. The first-order valence-corrected chi connectivity index (χ1v) is 11.2. The second-order valence-electron chi connectivity index (χ2n) is 9.44. The molecule has 3 N–H and O–H groups in total. The molecule has 6 nitrogen and oxygen atoms in total. The molecule has 2 aliphatic rings. The van der Waals surface area contributed by atoms with Crippen molar-refractivity contribution in [1.82, 2.24) is 15.2 Å². The summed E-state index contributed by atoms with van der Waals surface area (Å²) in [5.74, 6) is -0.560. The smallest absolute Gasteiger partial charge is 0.252 e. The zero-order valence-electron chi connectivity index (χ0n) is 19.2. The minimum Gasteiger partial charge on any atom is -0.383 e. The molecule has 0 spiro atoms. The van der Waals surface area contributed by atoms with E-state index in [0.29, 0.717) is 16.7 Å². The number of amides is 1. The number of hydrogen-bond donors (Lipinski definition) is 2. The lowest BCUT2D eigenvalue weighted by molar-refractivity contribution is 0.0940. The summed E-state index contributed by atoms with van der Waals surface area (Å²) in [5.41, 5.74) is 10.9. The van der Waals surface area contributed by atoms with E-state index in [9.17, 15) is 9.18 Å². The van der Waals surface area contributed by atoms with Crippen molar-refractivity contribution in [3.05, 3.63) is 65.6 Å². The molecule has 0 unspecified atom stereocenters. The number of likely N-dealkylation sites (N-methyl/N-ethyl adjacent to an activating group) is 1. The summed E-state index contributed by atoms with van der Waals surface area (Å²) in [7, 11) is 2.13. The van der Waals surface area contributed by atoms with Crippen LogP contribution in [-0.4, -0.2) is 49.0 Å². The topological polar surface area (TPSA) is 74.5 Å². The van der Waals surface area contributed by atoms with E-state index in [4.69, 9.17) is 5.73 Å². The van der Waals surface area contributed by atoms with Gasteiger partial charge in [-0.15, -0.1) is 0 Å². The molecule has 1 saturated heterocycles. The zero-order valence-corrected chi connectivity index (χ0v) is 19.2. The fraction of sp³-hybridized carbons (Fsp3) is 0.308. The summed E-state index contributed by atoms with van der Waals surface area (Å²) in [6.45, 7) is 7.93. The van der Waals surface area contributed by atoms with Crippen LogP contribution in [0.5, 0.6) is 0 Å². The van der Waals surface area contributed by atoms with Gasteiger partial charge in [0.25, 0.3) is 5.91 Å². The summed E-state index contributed by atoms with van der Waals surface area (Å²) in [5, 5.41) is 2.98. The lowest BCUT2D eigenvalue weighted by Crippen LogP contribution is -2.44.